The van der Waals surface area contributed by atoms with Crippen molar-refractivity contribution in [2.24, 2.45) is 5.41 Å². The molecule has 1 aliphatic heterocycles. The molecule has 0 aromatic rings. The summed E-state index contributed by atoms with van der Waals surface area (Å²) in [6, 6.07) is 0.588. The van der Waals surface area contributed by atoms with Crippen molar-refractivity contribution in [1.29, 1.82) is 0 Å². The van der Waals surface area contributed by atoms with Crippen LogP contribution in [0.2, 0.25) is 0 Å². The molecule has 0 aromatic carbocycles. The number of nitrogens with zero attached hydrogens (tertiary/aromatic N) is 1. The van der Waals surface area contributed by atoms with Gasteiger partial charge >= 0.3 is 0 Å². The van der Waals surface area contributed by atoms with Gasteiger partial charge in [0.05, 0.1) is 6.10 Å². The van der Waals surface area contributed by atoms with Crippen LogP contribution < -0.4 is 5.32 Å². The lowest BCUT2D eigenvalue weighted by Crippen LogP contribution is -2.44. The van der Waals surface area contributed by atoms with Gasteiger partial charge in [-0.2, -0.15) is 0 Å². The first kappa shape index (κ1) is 15.9. The third kappa shape index (κ3) is 5.25. The smallest absolute Gasteiger partial charge is 0.0702 e. The van der Waals surface area contributed by atoms with Gasteiger partial charge < -0.3 is 15.0 Å². The minimum Gasteiger partial charge on any atom is -0.377 e. The van der Waals surface area contributed by atoms with Gasteiger partial charge in [0.15, 0.2) is 0 Å². The zero-order valence-corrected chi connectivity index (χ0v) is 13.0. The Morgan fingerprint density at radius 3 is 2.67 bits per heavy atom. The molecule has 1 aliphatic rings. The molecular weight excluding hydrogens is 224 g/mol. The third-order valence-corrected chi connectivity index (χ3v) is 3.99. The van der Waals surface area contributed by atoms with Crippen molar-refractivity contribution in [3.63, 3.8) is 0 Å². The fourth-order valence-electron chi connectivity index (χ4n) is 2.91. The van der Waals surface area contributed by atoms with E-state index in [1.54, 1.807) is 0 Å². The first-order valence-corrected chi connectivity index (χ1v) is 7.48. The van der Waals surface area contributed by atoms with Crippen LogP contribution in [0.3, 0.4) is 0 Å². The number of hydrogen-bond donors (Lipinski definition) is 1. The van der Waals surface area contributed by atoms with E-state index in [0.29, 0.717) is 17.6 Å². The Balaban J connectivity index is 2.33. The maximum Gasteiger partial charge on any atom is 0.0702 e. The largest absolute Gasteiger partial charge is 0.377 e. The van der Waals surface area contributed by atoms with Gasteiger partial charge in [-0.25, -0.2) is 0 Å². The van der Waals surface area contributed by atoms with Gasteiger partial charge in [-0.15, -0.1) is 0 Å². The highest BCUT2D eigenvalue weighted by atomic mass is 16.5. The van der Waals surface area contributed by atoms with Gasteiger partial charge in [-0.3, -0.25) is 0 Å². The van der Waals surface area contributed by atoms with Crippen molar-refractivity contribution in [1.82, 2.24) is 10.2 Å². The van der Waals surface area contributed by atoms with Crippen LogP contribution in [-0.4, -0.2) is 50.3 Å². The third-order valence-electron chi connectivity index (χ3n) is 3.99. The van der Waals surface area contributed by atoms with Crippen molar-refractivity contribution in [3.8, 4) is 0 Å². The number of nitrogens with one attached hydrogen (secondary N) is 1. The zero-order chi connectivity index (χ0) is 13.6. The van der Waals surface area contributed by atoms with Crippen molar-refractivity contribution < 1.29 is 4.74 Å². The molecule has 1 saturated heterocycles. The van der Waals surface area contributed by atoms with E-state index in [9.17, 15) is 0 Å². The molecule has 0 spiro atoms. The fraction of sp³-hybridized carbons (Fsp3) is 1.00. The molecule has 1 heterocycles. The number of likely N-dealkylation sites (tertiary alicyclic amines) is 1. The minimum atomic E-state index is 0.337. The van der Waals surface area contributed by atoms with Crippen LogP contribution in [0.15, 0.2) is 0 Å². The van der Waals surface area contributed by atoms with Crippen molar-refractivity contribution in [2.75, 3.05) is 33.3 Å². The zero-order valence-electron chi connectivity index (χ0n) is 13.0. The molecule has 1 fully saturated rings. The fourth-order valence-corrected chi connectivity index (χ4v) is 2.91. The molecule has 0 bridgehead atoms. The van der Waals surface area contributed by atoms with E-state index >= 15 is 0 Å². The Labute approximate surface area is 113 Å². The second-order valence-electron chi connectivity index (χ2n) is 6.52. The first-order chi connectivity index (χ1) is 8.47. The molecule has 0 aromatic heterocycles. The number of rotatable bonds is 6. The van der Waals surface area contributed by atoms with Gasteiger partial charge in [-0.05, 0) is 51.7 Å². The molecule has 18 heavy (non-hydrogen) atoms. The summed E-state index contributed by atoms with van der Waals surface area (Å²) in [5.74, 6) is 0. The van der Waals surface area contributed by atoms with Gasteiger partial charge in [0.25, 0.3) is 0 Å². The minimum absolute atomic E-state index is 0.337. The summed E-state index contributed by atoms with van der Waals surface area (Å²) in [6.45, 7) is 13.4. The summed E-state index contributed by atoms with van der Waals surface area (Å²) in [5, 5.41) is 3.46. The Morgan fingerprint density at radius 1 is 1.39 bits per heavy atom. The lowest BCUT2D eigenvalue weighted by atomic mass is 9.84. The highest BCUT2D eigenvalue weighted by molar-refractivity contribution is 4.81. The van der Waals surface area contributed by atoms with Crippen LogP contribution in [0.25, 0.3) is 0 Å². The lowest BCUT2D eigenvalue weighted by molar-refractivity contribution is 0.00417. The molecule has 3 heteroatoms. The van der Waals surface area contributed by atoms with E-state index in [2.05, 4.69) is 45.0 Å². The molecule has 2 unspecified atom stereocenters. The van der Waals surface area contributed by atoms with E-state index in [0.717, 1.165) is 13.2 Å². The topological polar surface area (TPSA) is 24.5 Å². The molecule has 3 nitrogen and oxygen atoms in total. The first-order valence-electron chi connectivity index (χ1n) is 7.48. The molecule has 108 valence electrons. The predicted octanol–water partition coefficient (Wildman–Crippen LogP) is 2.51. The molecule has 0 amide bonds. The van der Waals surface area contributed by atoms with Crippen molar-refractivity contribution in [3.05, 3.63) is 0 Å². The summed E-state index contributed by atoms with van der Waals surface area (Å²) < 4.78 is 5.76. The summed E-state index contributed by atoms with van der Waals surface area (Å²) in [4.78, 5) is 2.57. The SMILES string of the molecule is CCOC1CCCN(CCC(NC)C(C)(C)C)C1. The maximum atomic E-state index is 5.76. The Hall–Kier alpha value is -0.120. The van der Waals surface area contributed by atoms with Crippen LogP contribution in [-0.2, 0) is 4.74 Å². The summed E-state index contributed by atoms with van der Waals surface area (Å²) >= 11 is 0. The summed E-state index contributed by atoms with van der Waals surface area (Å²) in [5.41, 5.74) is 0.337. The molecule has 0 saturated carbocycles. The van der Waals surface area contributed by atoms with E-state index in [1.807, 2.05) is 0 Å². The van der Waals surface area contributed by atoms with Crippen LogP contribution in [0.4, 0.5) is 0 Å². The van der Waals surface area contributed by atoms with Crippen LogP contribution in [0, 0.1) is 5.41 Å². The van der Waals surface area contributed by atoms with Crippen LogP contribution in [0.1, 0.15) is 47.0 Å². The molecular formula is C15H32N2O. The highest BCUT2D eigenvalue weighted by Crippen LogP contribution is 2.22. The normalized spacial score (nSPS) is 24.2. The Kier molecular flexibility index (Phi) is 6.61. The average molecular weight is 256 g/mol. The number of ether oxygens (including phenoxy) is 1. The Bertz CT molecular complexity index is 223. The van der Waals surface area contributed by atoms with Crippen molar-refractivity contribution in [2.45, 2.75) is 59.1 Å². The second-order valence-corrected chi connectivity index (χ2v) is 6.52. The molecule has 1 rings (SSSR count). The monoisotopic (exact) mass is 256 g/mol. The molecule has 0 radical (unpaired) electrons. The van der Waals surface area contributed by atoms with E-state index in [1.165, 1.54) is 32.4 Å². The van der Waals surface area contributed by atoms with E-state index < -0.39 is 0 Å². The summed E-state index contributed by atoms with van der Waals surface area (Å²) in [6.07, 6.45) is 4.20. The van der Waals surface area contributed by atoms with E-state index in [-0.39, 0.29) is 0 Å². The molecule has 1 N–H and O–H groups in total. The van der Waals surface area contributed by atoms with Gasteiger partial charge in [0.1, 0.15) is 0 Å². The number of hydrogen-bond acceptors (Lipinski definition) is 3. The average Bonchev–Trinajstić information content (AvgIpc) is 2.29. The quantitative estimate of drug-likeness (QED) is 0.790. The maximum absolute atomic E-state index is 5.76. The van der Waals surface area contributed by atoms with E-state index in [4.69, 9.17) is 4.74 Å². The standard InChI is InChI=1S/C15H32N2O/c1-6-18-13-8-7-10-17(12-13)11-9-14(16-5)15(2,3)4/h13-14,16H,6-12H2,1-5H3. The van der Waals surface area contributed by atoms with Gasteiger partial charge in [-0.1, -0.05) is 20.8 Å². The Morgan fingerprint density at radius 2 is 2.11 bits per heavy atom. The van der Waals surface area contributed by atoms with Crippen LogP contribution in [0.5, 0.6) is 0 Å². The molecule has 0 aliphatic carbocycles. The molecule has 2 atom stereocenters. The van der Waals surface area contributed by atoms with Crippen LogP contribution >= 0.6 is 0 Å². The van der Waals surface area contributed by atoms with Crippen molar-refractivity contribution >= 4 is 0 Å². The number of piperidine rings is 1. The summed E-state index contributed by atoms with van der Waals surface area (Å²) in [7, 11) is 2.08. The van der Waals surface area contributed by atoms with Gasteiger partial charge in [0, 0.05) is 19.2 Å². The second kappa shape index (κ2) is 7.46. The highest BCUT2D eigenvalue weighted by Gasteiger charge is 2.25. The van der Waals surface area contributed by atoms with Gasteiger partial charge in [0.2, 0.25) is 0 Å². The predicted molar refractivity (Wildman–Crippen MR) is 78.0 cm³/mol. The lowest BCUT2D eigenvalue weighted by Gasteiger charge is -2.36.